The summed E-state index contributed by atoms with van der Waals surface area (Å²) in [5, 5.41) is 13.3. The maximum absolute atomic E-state index is 12.1. The lowest BCUT2D eigenvalue weighted by Gasteiger charge is -2.10. The van der Waals surface area contributed by atoms with E-state index < -0.39 is 23.4 Å². The van der Waals surface area contributed by atoms with E-state index in [2.05, 4.69) is 5.32 Å². The number of para-hydroxylation sites is 3. The standard InChI is InChI=1S/C17H16N2O6/c1-2-24-15-10-6-3-7-12(15)17(21)25-11-16(20)18-13-8-4-5-9-14(13)19(22)23/h3-10H,2,11H2,1H3,(H,18,20). The Bertz CT molecular complexity index is 790. The monoisotopic (exact) mass is 344 g/mol. The van der Waals surface area contributed by atoms with Crippen LogP contribution in [0, 0.1) is 10.1 Å². The molecular weight excluding hydrogens is 328 g/mol. The zero-order chi connectivity index (χ0) is 18.2. The molecule has 1 amide bonds. The minimum Gasteiger partial charge on any atom is -0.493 e. The second kappa shape index (κ2) is 8.44. The van der Waals surface area contributed by atoms with Crippen molar-refractivity contribution in [2.75, 3.05) is 18.5 Å². The van der Waals surface area contributed by atoms with Crippen LogP contribution in [0.5, 0.6) is 5.75 Å². The smallest absolute Gasteiger partial charge is 0.342 e. The molecule has 0 aliphatic heterocycles. The maximum atomic E-state index is 12.1. The number of amides is 1. The Balaban J connectivity index is 1.99. The zero-order valence-corrected chi connectivity index (χ0v) is 13.4. The molecule has 2 aromatic carbocycles. The first kappa shape index (κ1) is 17.9. The second-order valence-corrected chi connectivity index (χ2v) is 4.83. The molecule has 2 rings (SSSR count). The molecule has 2 aromatic rings. The van der Waals surface area contributed by atoms with Gasteiger partial charge in [0.25, 0.3) is 11.6 Å². The van der Waals surface area contributed by atoms with Crippen LogP contribution < -0.4 is 10.1 Å². The van der Waals surface area contributed by atoms with Gasteiger partial charge >= 0.3 is 5.97 Å². The highest BCUT2D eigenvalue weighted by atomic mass is 16.6. The fourth-order valence-corrected chi connectivity index (χ4v) is 2.05. The largest absolute Gasteiger partial charge is 0.493 e. The number of nitro groups is 1. The fourth-order valence-electron chi connectivity index (χ4n) is 2.05. The van der Waals surface area contributed by atoms with Crippen molar-refractivity contribution in [3.8, 4) is 5.75 Å². The number of nitrogens with zero attached hydrogens (tertiary/aromatic N) is 1. The maximum Gasteiger partial charge on any atom is 0.342 e. The molecule has 8 heteroatoms. The van der Waals surface area contributed by atoms with Crippen molar-refractivity contribution in [3.05, 3.63) is 64.2 Å². The minimum absolute atomic E-state index is 0.0308. The van der Waals surface area contributed by atoms with Crippen LogP contribution in [0.3, 0.4) is 0 Å². The molecule has 0 saturated carbocycles. The third-order valence-electron chi connectivity index (χ3n) is 3.12. The Kier molecular flexibility index (Phi) is 6.05. The van der Waals surface area contributed by atoms with E-state index in [1.54, 1.807) is 31.2 Å². The van der Waals surface area contributed by atoms with E-state index in [0.29, 0.717) is 12.4 Å². The van der Waals surface area contributed by atoms with Crippen molar-refractivity contribution in [2.45, 2.75) is 6.92 Å². The summed E-state index contributed by atoms with van der Waals surface area (Å²) in [6.07, 6.45) is 0. The van der Waals surface area contributed by atoms with E-state index in [4.69, 9.17) is 9.47 Å². The zero-order valence-electron chi connectivity index (χ0n) is 13.4. The first-order valence-electron chi connectivity index (χ1n) is 7.45. The Morgan fingerprint density at radius 2 is 1.80 bits per heavy atom. The predicted octanol–water partition coefficient (Wildman–Crippen LogP) is 2.79. The Labute approximate surface area is 143 Å². The van der Waals surface area contributed by atoms with Crippen LogP contribution in [-0.2, 0) is 9.53 Å². The number of hydrogen-bond donors (Lipinski definition) is 1. The minimum atomic E-state index is -0.721. The molecule has 8 nitrogen and oxygen atoms in total. The highest BCUT2D eigenvalue weighted by Gasteiger charge is 2.18. The van der Waals surface area contributed by atoms with E-state index in [1.807, 2.05) is 0 Å². The average Bonchev–Trinajstić information content (AvgIpc) is 2.61. The van der Waals surface area contributed by atoms with Gasteiger partial charge in [-0.25, -0.2) is 4.79 Å². The van der Waals surface area contributed by atoms with Crippen molar-refractivity contribution >= 4 is 23.3 Å². The number of ether oxygens (including phenoxy) is 2. The van der Waals surface area contributed by atoms with Gasteiger partial charge in [-0.1, -0.05) is 24.3 Å². The van der Waals surface area contributed by atoms with E-state index in [0.717, 1.165) is 0 Å². The van der Waals surface area contributed by atoms with Crippen molar-refractivity contribution < 1.29 is 24.0 Å². The first-order chi connectivity index (χ1) is 12.0. The highest BCUT2D eigenvalue weighted by molar-refractivity contribution is 5.97. The van der Waals surface area contributed by atoms with E-state index in [9.17, 15) is 19.7 Å². The van der Waals surface area contributed by atoms with E-state index in [-0.39, 0.29) is 16.9 Å². The number of benzene rings is 2. The molecule has 130 valence electrons. The summed E-state index contributed by atoms with van der Waals surface area (Å²) in [4.78, 5) is 34.3. The van der Waals surface area contributed by atoms with Gasteiger partial charge in [0.1, 0.15) is 17.0 Å². The van der Waals surface area contributed by atoms with Crippen LogP contribution in [0.25, 0.3) is 0 Å². The summed E-state index contributed by atoms with van der Waals surface area (Å²) >= 11 is 0. The molecule has 0 aromatic heterocycles. The van der Waals surface area contributed by atoms with Gasteiger partial charge in [-0.15, -0.1) is 0 Å². The summed E-state index contributed by atoms with van der Waals surface area (Å²) in [6.45, 7) is 1.58. The summed E-state index contributed by atoms with van der Waals surface area (Å²) in [5.74, 6) is -1.05. The number of carbonyl (C=O) groups is 2. The van der Waals surface area contributed by atoms with Crippen molar-refractivity contribution in [1.82, 2.24) is 0 Å². The van der Waals surface area contributed by atoms with Crippen LogP contribution >= 0.6 is 0 Å². The van der Waals surface area contributed by atoms with Gasteiger partial charge in [0.2, 0.25) is 0 Å². The molecule has 0 heterocycles. The van der Waals surface area contributed by atoms with Crippen LogP contribution in [0.4, 0.5) is 11.4 Å². The molecule has 0 aliphatic carbocycles. The number of nitro benzene ring substituents is 1. The van der Waals surface area contributed by atoms with Gasteiger partial charge in [-0.3, -0.25) is 14.9 Å². The van der Waals surface area contributed by atoms with Gasteiger partial charge in [-0.2, -0.15) is 0 Å². The molecule has 0 atom stereocenters. The summed E-state index contributed by atoms with van der Waals surface area (Å²) in [7, 11) is 0. The number of anilines is 1. The SMILES string of the molecule is CCOc1ccccc1C(=O)OCC(=O)Nc1ccccc1[N+](=O)[O-]. The molecule has 0 aliphatic rings. The van der Waals surface area contributed by atoms with E-state index in [1.165, 1.54) is 24.3 Å². The fraction of sp³-hybridized carbons (Fsp3) is 0.176. The normalized spacial score (nSPS) is 9.96. The molecule has 0 saturated heterocycles. The number of rotatable bonds is 7. The topological polar surface area (TPSA) is 108 Å². The number of carbonyl (C=O) groups excluding carboxylic acids is 2. The molecule has 1 N–H and O–H groups in total. The van der Waals surface area contributed by atoms with Crippen LogP contribution in [-0.4, -0.2) is 30.0 Å². The Morgan fingerprint density at radius 1 is 1.12 bits per heavy atom. The summed E-state index contributed by atoms with van der Waals surface area (Å²) in [6, 6.07) is 12.2. The van der Waals surface area contributed by atoms with Gasteiger partial charge in [0.15, 0.2) is 6.61 Å². The van der Waals surface area contributed by atoms with Crippen molar-refractivity contribution in [1.29, 1.82) is 0 Å². The third kappa shape index (κ3) is 4.77. The lowest BCUT2D eigenvalue weighted by Crippen LogP contribution is -2.21. The molecular formula is C17H16N2O6. The molecule has 0 fully saturated rings. The third-order valence-corrected chi connectivity index (χ3v) is 3.12. The molecule has 0 spiro atoms. The highest BCUT2D eigenvalue weighted by Crippen LogP contribution is 2.23. The van der Waals surface area contributed by atoms with Gasteiger partial charge in [0, 0.05) is 6.07 Å². The van der Waals surface area contributed by atoms with Crippen LogP contribution in [0.1, 0.15) is 17.3 Å². The number of hydrogen-bond acceptors (Lipinski definition) is 6. The lowest BCUT2D eigenvalue weighted by molar-refractivity contribution is -0.383. The molecule has 0 radical (unpaired) electrons. The first-order valence-corrected chi connectivity index (χ1v) is 7.45. The van der Waals surface area contributed by atoms with Crippen molar-refractivity contribution in [3.63, 3.8) is 0 Å². The van der Waals surface area contributed by atoms with E-state index >= 15 is 0 Å². The van der Waals surface area contributed by atoms with Crippen molar-refractivity contribution in [2.24, 2.45) is 0 Å². The van der Waals surface area contributed by atoms with Gasteiger partial charge in [0.05, 0.1) is 11.5 Å². The summed E-state index contributed by atoms with van der Waals surface area (Å²) < 4.78 is 10.3. The molecule has 0 bridgehead atoms. The van der Waals surface area contributed by atoms with Crippen LogP contribution in [0.15, 0.2) is 48.5 Å². The van der Waals surface area contributed by atoms with Gasteiger partial charge in [-0.05, 0) is 25.1 Å². The van der Waals surface area contributed by atoms with Crippen LogP contribution in [0.2, 0.25) is 0 Å². The Morgan fingerprint density at radius 3 is 2.52 bits per heavy atom. The average molecular weight is 344 g/mol. The Hall–Kier alpha value is -3.42. The number of esters is 1. The van der Waals surface area contributed by atoms with Gasteiger partial charge < -0.3 is 14.8 Å². The summed E-state index contributed by atoms with van der Waals surface area (Å²) in [5.41, 5.74) is -0.0185. The number of nitrogens with one attached hydrogen (secondary N) is 1. The lowest BCUT2D eigenvalue weighted by atomic mass is 10.2. The second-order valence-electron chi connectivity index (χ2n) is 4.83. The predicted molar refractivity (Wildman–Crippen MR) is 89.6 cm³/mol. The molecule has 25 heavy (non-hydrogen) atoms. The quantitative estimate of drug-likeness (QED) is 0.470. The molecule has 0 unspecified atom stereocenters.